The Morgan fingerprint density at radius 2 is 0.635 bits per heavy atom. The van der Waals surface area contributed by atoms with Crippen LogP contribution in [0.25, 0.3) is 0 Å². The molecule has 6 nitrogen and oxygen atoms in total. The Hall–Kier alpha value is -1.40. The fourth-order valence-corrected chi connectivity index (χ4v) is 10.9. The molecule has 6 heteroatoms. The van der Waals surface area contributed by atoms with E-state index in [0.717, 1.165) is 44.9 Å². The molecule has 0 saturated heterocycles. The van der Waals surface area contributed by atoms with Gasteiger partial charge >= 0.3 is 5.97 Å². The summed E-state index contributed by atoms with van der Waals surface area (Å²) in [6.07, 6.45) is 78.1. The molecule has 0 bridgehead atoms. The summed E-state index contributed by atoms with van der Waals surface area (Å²) in [5, 5.41) is 23.4. The molecule has 0 aromatic carbocycles. The largest absolute Gasteiger partial charge is 0.466 e. The van der Waals surface area contributed by atoms with E-state index in [2.05, 4.69) is 31.3 Å². The van der Waals surface area contributed by atoms with Crippen molar-refractivity contribution in [2.45, 2.75) is 398 Å². The van der Waals surface area contributed by atoms with Crippen LogP contribution >= 0.6 is 0 Å². The second-order valence-electron chi connectivity index (χ2n) is 23.5. The van der Waals surface area contributed by atoms with E-state index in [-0.39, 0.29) is 18.5 Å². The van der Waals surface area contributed by atoms with Crippen LogP contribution in [0.15, 0.2) is 12.2 Å². The number of esters is 1. The van der Waals surface area contributed by atoms with Crippen LogP contribution in [0.3, 0.4) is 0 Å². The maximum absolute atomic E-state index is 12.5. The second kappa shape index (κ2) is 64.1. The van der Waals surface area contributed by atoms with Crippen LogP contribution in [-0.2, 0) is 14.3 Å². The van der Waals surface area contributed by atoms with Crippen molar-refractivity contribution in [1.29, 1.82) is 0 Å². The van der Waals surface area contributed by atoms with Crippen LogP contribution in [0, 0.1) is 0 Å². The van der Waals surface area contributed by atoms with E-state index in [9.17, 15) is 19.8 Å². The molecule has 0 rings (SSSR count). The summed E-state index contributed by atoms with van der Waals surface area (Å²) >= 11 is 0. The number of nitrogens with one attached hydrogen (secondary N) is 1. The molecule has 0 radical (unpaired) electrons. The molecule has 0 saturated carbocycles. The molecule has 0 aromatic heterocycles. The average Bonchev–Trinajstić information content (AvgIpc) is 3.40. The van der Waals surface area contributed by atoms with Crippen molar-refractivity contribution in [3.63, 3.8) is 0 Å². The molecule has 0 aromatic rings. The van der Waals surface area contributed by atoms with Crippen LogP contribution in [0.2, 0.25) is 0 Å². The van der Waals surface area contributed by atoms with Crippen molar-refractivity contribution in [1.82, 2.24) is 5.32 Å². The zero-order chi connectivity index (χ0) is 53.6. The monoisotopic (exact) mass is 1040 g/mol. The third kappa shape index (κ3) is 59.8. The van der Waals surface area contributed by atoms with Crippen molar-refractivity contribution in [2.24, 2.45) is 0 Å². The Morgan fingerprint density at radius 1 is 0.365 bits per heavy atom. The van der Waals surface area contributed by atoms with Gasteiger partial charge in [0.15, 0.2) is 0 Å². The first kappa shape index (κ1) is 72.6. The van der Waals surface area contributed by atoms with Gasteiger partial charge in [0.2, 0.25) is 5.91 Å². The third-order valence-corrected chi connectivity index (χ3v) is 16.1. The number of amides is 1. The van der Waals surface area contributed by atoms with Crippen LogP contribution in [0.4, 0.5) is 0 Å². The highest BCUT2D eigenvalue weighted by molar-refractivity contribution is 5.76. The summed E-state index contributed by atoms with van der Waals surface area (Å²) in [6, 6.07) is -0.540. The second-order valence-corrected chi connectivity index (χ2v) is 23.5. The van der Waals surface area contributed by atoms with Gasteiger partial charge in [-0.25, -0.2) is 0 Å². The first-order valence-corrected chi connectivity index (χ1v) is 33.9. The Balaban J connectivity index is 3.36. The van der Waals surface area contributed by atoms with E-state index in [0.29, 0.717) is 25.9 Å². The predicted octanol–water partition coefficient (Wildman–Crippen LogP) is 21.6. The molecule has 2 atom stereocenters. The SMILES string of the molecule is CCCCCCCC/C=C\CCCCCCCC(=O)OCCCCCCCCCCCCCCCCCCCCCCCCCCC(=O)NC(CO)C(O)CCCCCCCCCCCCCCCCCCCC. The molecular weight excluding hydrogens is 911 g/mol. The van der Waals surface area contributed by atoms with Crippen molar-refractivity contribution >= 4 is 11.9 Å². The van der Waals surface area contributed by atoms with E-state index in [1.807, 2.05) is 0 Å². The zero-order valence-corrected chi connectivity index (χ0v) is 50.4. The minimum Gasteiger partial charge on any atom is -0.466 e. The topological polar surface area (TPSA) is 95.9 Å². The number of hydrogen-bond donors (Lipinski definition) is 3. The molecule has 0 aliphatic rings. The maximum atomic E-state index is 12.5. The Bertz CT molecular complexity index is 1110. The molecular formula is C68H133NO5. The van der Waals surface area contributed by atoms with E-state index in [1.54, 1.807) is 0 Å². The van der Waals surface area contributed by atoms with Gasteiger partial charge in [-0.05, 0) is 51.4 Å². The molecule has 74 heavy (non-hydrogen) atoms. The van der Waals surface area contributed by atoms with Gasteiger partial charge in [-0.2, -0.15) is 0 Å². The zero-order valence-electron chi connectivity index (χ0n) is 50.4. The number of carbonyl (C=O) groups is 2. The van der Waals surface area contributed by atoms with E-state index < -0.39 is 12.1 Å². The normalized spacial score (nSPS) is 12.5. The van der Waals surface area contributed by atoms with Gasteiger partial charge in [0.1, 0.15) is 0 Å². The lowest BCUT2D eigenvalue weighted by atomic mass is 10.0. The van der Waals surface area contributed by atoms with Gasteiger partial charge < -0.3 is 20.3 Å². The van der Waals surface area contributed by atoms with Crippen LogP contribution in [-0.4, -0.2) is 47.4 Å². The maximum Gasteiger partial charge on any atom is 0.305 e. The number of carbonyl (C=O) groups excluding carboxylic acids is 2. The van der Waals surface area contributed by atoms with Gasteiger partial charge in [0, 0.05) is 12.8 Å². The van der Waals surface area contributed by atoms with Crippen molar-refractivity contribution in [3.05, 3.63) is 12.2 Å². The number of aliphatic hydroxyl groups excluding tert-OH is 2. The molecule has 0 heterocycles. The van der Waals surface area contributed by atoms with Gasteiger partial charge in [-0.15, -0.1) is 0 Å². The molecule has 440 valence electrons. The highest BCUT2D eigenvalue weighted by atomic mass is 16.5. The summed E-state index contributed by atoms with van der Waals surface area (Å²) in [6.45, 7) is 4.98. The summed E-state index contributed by atoms with van der Waals surface area (Å²) in [5.74, 6) is -0.0213. The summed E-state index contributed by atoms with van der Waals surface area (Å²) in [7, 11) is 0. The molecule has 1 amide bonds. The fraction of sp³-hybridized carbons (Fsp3) is 0.941. The summed E-state index contributed by atoms with van der Waals surface area (Å²) < 4.78 is 5.49. The minimum absolute atomic E-state index is 0.00853. The first-order valence-electron chi connectivity index (χ1n) is 33.9. The van der Waals surface area contributed by atoms with Gasteiger partial charge in [-0.3, -0.25) is 9.59 Å². The van der Waals surface area contributed by atoms with Crippen molar-refractivity contribution in [3.8, 4) is 0 Å². The molecule has 2 unspecified atom stereocenters. The molecule has 3 N–H and O–H groups in total. The summed E-state index contributed by atoms with van der Waals surface area (Å²) in [5.41, 5.74) is 0. The van der Waals surface area contributed by atoms with Gasteiger partial charge in [0.05, 0.1) is 25.4 Å². The highest BCUT2D eigenvalue weighted by Gasteiger charge is 2.20. The first-order chi connectivity index (χ1) is 36.5. The van der Waals surface area contributed by atoms with Crippen LogP contribution in [0.5, 0.6) is 0 Å². The molecule has 0 spiro atoms. The average molecular weight is 1040 g/mol. The van der Waals surface area contributed by atoms with E-state index in [4.69, 9.17) is 4.74 Å². The predicted molar refractivity (Wildman–Crippen MR) is 324 cm³/mol. The number of allylic oxidation sites excluding steroid dienone is 2. The number of ether oxygens (including phenoxy) is 1. The van der Waals surface area contributed by atoms with Gasteiger partial charge in [-0.1, -0.05) is 334 Å². The number of unbranched alkanes of at least 4 members (excludes halogenated alkanes) is 51. The minimum atomic E-state index is -0.663. The lowest BCUT2D eigenvalue weighted by molar-refractivity contribution is -0.143. The van der Waals surface area contributed by atoms with Crippen molar-refractivity contribution < 1.29 is 24.5 Å². The number of aliphatic hydroxyl groups is 2. The van der Waals surface area contributed by atoms with Crippen LogP contribution < -0.4 is 5.32 Å². The van der Waals surface area contributed by atoms with Gasteiger partial charge in [0.25, 0.3) is 0 Å². The standard InChI is InChI=1S/C68H133NO5/c1-3-5-7-9-11-13-15-17-19-20-29-33-36-40-44-48-52-56-60-66(71)65(64-70)69-67(72)61-57-53-49-45-41-37-34-30-27-25-23-21-22-24-26-28-31-35-39-43-47-51-55-59-63-74-68(73)62-58-54-50-46-42-38-32-18-16-14-12-10-8-6-4-2/h18,32,65-66,70-71H,3-17,19-31,33-64H2,1-2H3,(H,69,72)/b32-18-. The Labute approximate surface area is 463 Å². The third-order valence-electron chi connectivity index (χ3n) is 16.1. The van der Waals surface area contributed by atoms with E-state index >= 15 is 0 Å². The van der Waals surface area contributed by atoms with Crippen molar-refractivity contribution in [2.75, 3.05) is 13.2 Å². The quantitative estimate of drug-likeness (QED) is 0.0320. The fourth-order valence-electron chi connectivity index (χ4n) is 10.9. The summed E-state index contributed by atoms with van der Waals surface area (Å²) in [4.78, 5) is 24.6. The molecule has 0 aliphatic heterocycles. The number of hydrogen-bond acceptors (Lipinski definition) is 5. The smallest absolute Gasteiger partial charge is 0.305 e. The lowest BCUT2D eigenvalue weighted by Crippen LogP contribution is -2.45. The highest BCUT2D eigenvalue weighted by Crippen LogP contribution is 2.19. The molecule has 0 fully saturated rings. The van der Waals surface area contributed by atoms with E-state index in [1.165, 1.54) is 308 Å². The lowest BCUT2D eigenvalue weighted by Gasteiger charge is -2.22. The Morgan fingerprint density at radius 3 is 0.959 bits per heavy atom. The molecule has 0 aliphatic carbocycles. The Kier molecular flexibility index (Phi) is 62.9. The number of rotatable bonds is 64. The van der Waals surface area contributed by atoms with Crippen LogP contribution in [0.1, 0.15) is 386 Å².